The van der Waals surface area contributed by atoms with Crippen LogP contribution in [0.1, 0.15) is 18.9 Å². The lowest BCUT2D eigenvalue weighted by molar-refractivity contribution is -0.132. The molecule has 4 heteroatoms. The van der Waals surface area contributed by atoms with Crippen molar-refractivity contribution in [2.75, 3.05) is 13.8 Å². The standard InChI is InChI=1S/C14H17NO3/c1-9-5-11(9)14(16)15(2)7-10-3-4-12-13(6-10)18-8-17-12/h3-4,6,9,11H,5,7-8H2,1-2H3. The topological polar surface area (TPSA) is 38.8 Å². The summed E-state index contributed by atoms with van der Waals surface area (Å²) in [6.07, 6.45) is 1.03. The van der Waals surface area contributed by atoms with Gasteiger partial charge < -0.3 is 14.4 Å². The summed E-state index contributed by atoms with van der Waals surface area (Å²) < 4.78 is 10.6. The van der Waals surface area contributed by atoms with Gasteiger partial charge in [0.05, 0.1) is 0 Å². The maximum Gasteiger partial charge on any atom is 0.231 e. The van der Waals surface area contributed by atoms with E-state index >= 15 is 0 Å². The zero-order valence-electron chi connectivity index (χ0n) is 10.7. The predicted octanol–water partition coefficient (Wildman–Crippen LogP) is 2.03. The summed E-state index contributed by atoms with van der Waals surface area (Å²) >= 11 is 0. The number of carbonyl (C=O) groups is 1. The van der Waals surface area contributed by atoms with Gasteiger partial charge in [0, 0.05) is 19.5 Å². The van der Waals surface area contributed by atoms with Crippen molar-refractivity contribution in [3.63, 3.8) is 0 Å². The molecular formula is C14H17NO3. The van der Waals surface area contributed by atoms with Crippen molar-refractivity contribution in [2.45, 2.75) is 19.9 Å². The van der Waals surface area contributed by atoms with Gasteiger partial charge in [-0.15, -0.1) is 0 Å². The van der Waals surface area contributed by atoms with Gasteiger partial charge in [-0.1, -0.05) is 13.0 Å². The van der Waals surface area contributed by atoms with Crippen molar-refractivity contribution < 1.29 is 14.3 Å². The van der Waals surface area contributed by atoms with Crippen molar-refractivity contribution in [3.8, 4) is 11.5 Å². The van der Waals surface area contributed by atoms with Gasteiger partial charge in [-0.25, -0.2) is 0 Å². The molecule has 0 aromatic heterocycles. The van der Waals surface area contributed by atoms with Crippen LogP contribution >= 0.6 is 0 Å². The molecule has 0 bridgehead atoms. The van der Waals surface area contributed by atoms with E-state index in [2.05, 4.69) is 6.92 Å². The summed E-state index contributed by atoms with van der Waals surface area (Å²) in [7, 11) is 1.86. The first kappa shape index (κ1) is 11.4. The molecule has 1 saturated carbocycles. The summed E-state index contributed by atoms with van der Waals surface area (Å²) in [5, 5.41) is 0. The SMILES string of the molecule is CC1CC1C(=O)N(C)Cc1ccc2c(c1)OCO2. The van der Waals surface area contributed by atoms with Gasteiger partial charge in [0.25, 0.3) is 0 Å². The van der Waals surface area contributed by atoms with Crippen LogP contribution in [0.4, 0.5) is 0 Å². The molecule has 96 valence electrons. The van der Waals surface area contributed by atoms with Gasteiger partial charge in [0.15, 0.2) is 11.5 Å². The molecule has 1 fully saturated rings. The minimum Gasteiger partial charge on any atom is -0.454 e. The summed E-state index contributed by atoms with van der Waals surface area (Å²) in [6, 6.07) is 5.83. The second kappa shape index (κ2) is 4.19. The summed E-state index contributed by atoms with van der Waals surface area (Å²) in [5.74, 6) is 2.59. The van der Waals surface area contributed by atoms with Gasteiger partial charge in [0.2, 0.25) is 12.7 Å². The van der Waals surface area contributed by atoms with Crippen molar-refractivity contribution in [1.29, 1.82) is 0 Å². The van der Waals surface area contributed by atoms with Crippen molar-refractivity contribution in [3.05, 3.63) is 23.8 Å². The van der Waals surface area contributed by atoms with Crippen LogP contribution in [0.3, 0.4) is 0 Å². The third kappa shape index (κ3) is 2.03. The van der Waals surface area contributed by atoms with Crippen LogP contribution < -0.4 is 9.47 Å². The third-order valence-corrected chi connectivity index (χ3v) is 3.66. The fourth-order valence-corrected chi connectivity index (χ4v) is 2.34. The Kier molecular flexibility index (Phi) is 2.65. The average Bonchev–Trinajstić information content (AvgIpc) is 2.90. The molecule has 4 nitrogen and oxygen atoms in total. The smallest absolute Gasteiger partial charge is 0.231 e. The first-order valence-corrected chi connectivity index (χ1v) is 6.28. The average molecular weight is 247 g/mol. The molecular weight excluding hydrogens is 230 g/mol. The summed E-state index contributed by atoms with van der Waals surface area (Å²) in [4.78, 5) is 13.8. The van der Waals surface area contributed by atoms with E-state index in [4.69, 9.17) is 9.47 Å². The number of hydrogen-bond acceptors (Lipinski definition) is 3. The minimum atomic E-state index is 0.240. The summed E-state index contributed by atoms with van der Waals surface area (Å²) in [5.41, 5.74) is 1.07. The van der Waals surface area contributed by atoms with E-state index in [0.29, 0.717) is 12.5 Å². The van der Waals surface area contributed by atoms with Crippen LogP contribution in [0.25, 0.3) is 0 Å². The highest BCUT2D eigenvalue weighted by atomic mass is 16.7. The lowest BCUT2D eigenvalue weighted by atomic mass is 10.2. The summed E-state index contributed by atoms with van der Waals surface area (Å²) in [6.45, 7) is 3.03. The Morgan fingerprint density at radius 2 is 2.11 bits per heavy atom. The predicted molar refractivity (Wildman–Crippen MR) is 66.3 cm³/mol. The number of rotatable bonds is 3. The van der Waals surface area contributed by atoms with E-state index in [1.807, 2.05) is 25.2 Å². The van der Waals surface area contributed by atoms with Crippen molar-refractivity contribution >= 4 is 5.91 Å². The fourth-order valence-electron chi connectivity index (χ4n) is 2.34. The molecule has 1 amide bonds. The molecule has 1 aromatic carbocycles. The number of carbonyl (C=O) groups excluding carboxylic acids is 1. The van der Waals surface area contributed by atoms with Crippen LogP contribution in [0.15, 0.2) is 18.2 Å². The highest BCUT2D eigenvalue weighted by Crippen LogP contribution is 2.39. The van der Waals surface area contributed by atoms with E-state index in [1.165, 1.54) is 0 Å². The molecule has 0 spiro atoms. The molecule has 1 aromatic rings. The zero-order chi connectivity index (χ0) is 12.7. The largest absolute Gasteiger partial charge is 0.454 e. The van der Waals surface area contributed by atoms with Crippen LogP contribution in [0.5, 0.6) is 11.5 Å². The van der Waals surface area contributed by atoms with E-state index in [1.54, 1.807) is 4.90 Å². The van der Waals surface area contributed by atoms with Gasteiger partial charge in [-0.05, 0) is 30.0 Å². The Morgan fingerprint density at radius 1 is 1.39 bits per heavy atom. The molecule has 1 aliphatic carbocycles. The Morgan fingerprint density at radius 3 is 2.83 bits per heavy atom. The molecule has 0 N–H and O–H groups in total. The normalized spacial score (nSPS) is 23.9. The van der Waals surface area contributed by atoms with Crippen LogP contribution in [-0.2, 0) is 11.3 Å². The number of amides is 1. The van der Waals surface area contributed by atoms with Crippen LogP contribution in [-0.4, -0.2) is 24.6 Å². The Bertz CT molecular complexity index is 486. The molecule has 2 aliphatic rings. The van der Waals surface area contributed by atoms with E-state index < -0.39 is 0 Å². The van der Waals surface area contributed by atoms with Crippen LogP contribution in [0.2, 0.25) is 0 Å². The number of benzene rings is 1. The second-order valence-corrected chi connectivity index (χ2v) is 5.20. The molecule has 1 aliphatic heterocycles. The monoisotopic (exact) mass is 247 g/mol. The van der Waals surface area contributed by atoms with Gasteiger partial charge in [-0.3, -0.25) is 4.79 Å². The number of ether oxygens (including phenoxy) is 2. The lowest BCUT2D eigenvalue weighted by Crippen LogP contribution is -2.28. The Balaban J connectivity index is 1.67. The minimum absolute atomic E-state index is 0.240. The Labute approximate surface area is 106 Å². The van der Waals surface area contributed by atoms with E-state index in [9.17, 15) is 4.79 Å². The number of nitrogens with zero attached hydrogens (tertiary/aromatic N) is 1. The molecule has 0 saturated heterocycles. The fraction of sp³-hybridized carbons (Fsp3) is 0.500. The van der Waals surface area contributed by atoms with Crippen molar-refractivity contribution in [1.82, 2.24) is 4.90 Å². The quantitative estimate of drug-likeness (QED) is 0.820. The van der Waals surface area contributed by atoms with Gasteiger partial charge in [0.1, 0.15) is 0 Å². The first-order chi connectivity index (χ1) is 8.65. The first-order valence-electron chi connectivity index (χ1n) is 6.28. The molecule has 1 heterocycles. The maximum atomic E-state index is 12.0. The third-order valence-electron chi connectivity index (χ3n) is 3.66. The molecule has 2 atom stereocenters. The van der Waals surface area contributed by atoms with E-state index in [0.717, 1.165) is 23.5 Å². The lowest BCUT2D eigenvalue weighted by Gasteiger charge is -2.17. The molecule has 18 heavy (non-hydrogen) atoms. The van der Waals surface area contributed by atoms with Crippen molar-refractivity contribution in [2.24, 2.45) is 11.8 Å². The van der Waals surface area contributed by atoms with Gasteiger partial charge in [-0.2, -0.15) is 0 Å². The van der Waals surface area contributed by atoms with Gasteiger partial charge >= 0.3 is 0 Å². The highest BCUT2D eigenvalue weighted by Gasteiger charge is 2.40. The van der Waals surface area contributed by atoms with E-state index in [-0.39, 0.29) is 18.6 Å². The number of hydrogen-bond donors (Lipinski definition) is 0. The zero-order valence-corrected chi connectivity index (χ0v) is 10.7. The molecule has 2 unspecified atom stereocenters. The van der Waals surface area contributed by atoms with Crippen LogP contribution in [0, 0.1) is 11.8 Å². The molecule has 0 radical (unpaired) electrons. The Hall–Kier alpha value is -1.71. The number of fused-ring (bicyclic) bond motifs is 1. The molecule has 3 rings (SSSR count). The maximum absolute atomic E-state index is 12.0. The second-order valence-electron chi connectivity index (χ2n) is 5.20. The highest BCUT2D eigenvalue weighted by molar-refractivity contribution is 5.81.